The summed E-state index contributed by atoms with van der Waals surface area (Å²) in [6, 6.07) is 14.3. The number of aliphatic hydroxyl groups is 2. The van der Waals surface area contributed by atoms with Gasteiger partial charge in [-0.25, -0.2) is 9.97 Å². The number of pyridine rings is 4. The van der Waals surface area contributed by atoms with Gasteiger partial charge in [-0.1, -0.05) is 30.1 Å². The van der Waals surface area contributed by atoms with Gasteiger partial charge in [-0.05, 0) is 92.4 Å². The van der Waals surface area contributed by atoms with Gasteiger partial charge in [-0.2, -0.15) is 0 Å². The molecule has 4 heterocycles. The van der Waals surface area contributed by atoms with Gasteiger partial charge in [0.2, 0.25) is 0 Å². The fourth-order valence-electron chi connectivity index (χ4n) is 2.69. The number of hydrogen-bond donors (Lipinski definition) is 2. The molecule has 3 radical (unpaired) electrons. The summed E-state index contributed by atoms with van der Waals surface area (Å²) < 4.78 is 0. The van der Waals surface area contributed by atoms with E-state index in [1.165, 1.54) is 18.7 Å². The molecule has 0 amide bonds. The Balaban J connectivity index is -0.000000446. The predicted octanol–water partition coefficient (Wildman–Crippen LogP) is 2.74. The predicted molar refractivity (Wildman–Crippen MR) is 155 cm³/mol. The van der Waals surface area contributed by atoms with Gasteiger partial charge >= 0.3 is 18.9 Å². The van der Waals surface area contributed by atoms with Gasteiger partial charge in [0, 0.05) is 50.2 Å². The average molecular weight is 562 g/mol. The fraction of sp³-hybridized carbons (Fsp3) is 0.250. The largest absolute Gasteiger partial charge is 1.00 e. The zero-order chi connectivity index (χ0) is 27.6. The van der Waals surface area contributed by atoms with Crippen LogP contribution in [0.1, 0.15) is 53.7 Å². The Labute approximate surface area is 256 Å². The molecule has 0 saturated heterocycles. The third-order valence-corrected chi connectivity index (χ3v) is 5.03. The van der Waals surface area contributed by atoms with Crippen molar-refractivity contribution in [3.05, 3.63) is 117 Å². The molecule has 4 aromatic rings. The molecule has 0 spiro atoms. The van der Waals surface area contributed by atoms with Gasteiger partial charge in [0.25, 0.3) is 0 Å². The molecule has 201 valence electrons. The molecule has 0 bridgehead atoms. The minimum Gasteiger partial charge on any atom is -1.00 e. The molecule has 0 aromatic carbocycles. The second kappa shape index (κ2) is 22.3. The number of halogens is 2. The van der Waals surface area contributed by atoms with Crippen LogP contribution in [0, 0.1) is 13.8 Å². The monoisotopic (exact) mass is 561 g/mol. The van der Waals surface area contributed by atoms with E-state index in [-0.39, 0.29) is 47.7 Å². The quantitative estimate of drug-likeness (QED) is 0.224. The Morgan fingerprint density at radius 3 is 1.46 bits per heavy atom. The molecule has 0 fully saturated rings. The molecule has 0 aliphatic carbocycles. The molecule has 2 N–H and O–H groups in total. The van der Waals surface area contributed by atoms with Crippen LogP contribution >= 0.6 is 23.2 Å². The van der Waals surface area contributed by atoms with Crippen LogP contribution in [-0.4, -0.2) is 44.3 Å². The molecule has 0 atom stereocenters. The zero-order valence-corrected chi connectivity index (χ0v) is 24.5. The van der Waals surface area contributed by atoms with Crippen LogP contribution in [0.15, 0.2) is 73.3 Å². The number of nitrogens with zero attached hydrogens (tertiary/aromatic N) is 4. The maximum absolute atomic E-state index is 10.7. The summed E-state index contributed by atoms with van der Waals surface area (Å²) in [6.45, 7) is 7.67. The third kappa shape index (κ3) is 17.6. The normalized spacial score (nSPS) is 9.03. The molecule has 39 heavy (non-hydrogen) atoms. The summed E-state index contributed by atoms with van der Waals surface area (Å²) in [4.78, 5) is 26.3. The Bertz CT molecular complexity index is 1150. The van der Waals surface area contributed by atoms with E-state index in [0.717, 1.165) is 28.9 Å². The van der Waals surface area contributed by atoms with E-state index in [1.54, 1.807) is 42.7 Å². The van der Waals surface area contributed by atoms with E-state index in [4.69, 9.17) is 33.4 Å². The molecule has 7 nitrogen and oxygen atoms in total. The summed E-state index contributed by atoms with van der Waals surface area (Å²) in [5, 5.41) is 18.0. The first-order valence-corrected chi connectivity index (χ1v) is 12.2. The zero-order valence-electron chi connectivity index (χ0n) is 24.0. The summed E-state index contributed by atoms with van der Waals surface area (Å²) in [5.74, 6) is 0.00398. The van der Waals surface area contributed by atoms with E-state index < -0.39 is 0 Å². The van der Waals surface area contributed by atoms with Crippen molar-refractivity contribution >= 4 is 37.4 Å². The van der Waals surface area contributed by atoms with E-state index in [9.17, 15) is 4.79 Å². The molecular formula is C28H33BCl2LiN4O3. The first kappa shape index (κ1) is 38.6. The van der Waals surface area contributed by atoms with Crippen LogP contribution in [0.4, 0.5) is 0 Å². The number of carbonyl (C=O) groups is 1. The van der Waals surface area contributed by atoms with Gasteiger partial charge in [-0.15, -0.1) is 0 Å². The summed E-state index contributed by atoms with van der Waals surface area (Å²) in [6.07, 6.45) is 7.73. The van der Waals surface area contributed by atoms with Crippen LogP contribution in [0.2, 0.25) is 10.3 Å². The SMILES string of the molecule is CC(=O)c1ccnc(Cl)c1.CCc1ccnc(C)c1.Cc1cc(CO)ccn1.OCc1ccnc(Cl)c1.[B].[H-].[Li+]. The maximum Gasteiger partial charge on any atom is 1.00 e. The van der Waals surface area contributed by atoms with Crippen molar-refractivity contribution in [3.63, 3.8) is 0 Å². The number of ketones is 1. The van der Waals surface area contributed by atoms with Crippen LogP contribution in [-0.2, 0) is 19.6 Å². The topological polar surface area (TPSA) is 109 Å². The molecule has 4 aromatic heterocycles. The molecule has 11 heteroatoms. The molecule has 0 aliphatic heterocycles. The Hall–Kier alpha value is -2.57. The van der Waals surface area contributed by atoms with E-state index in [0.29, 0.717) is 15.9 Å². The van der Waals surface area contributed by atoms with Crippen LogP contribution in [0.3, 0.4) is 0 Å². The van der Waals surface area contributed by atoms with Crippen molar-refractivity contribution in [2.75, 3.05) is 0 Å². The molecule has 0 unspecified atom stereocenters. The van der Waals surface area contributed by atoms with Crippen LogP contribution < -0.4 is 18.9 Å². The number of rotatable bonds is 4. The summed E-state index contributed by atoms with van der Waals surface area (Å²) in [7, 11) is 0. The Morgan fingerprint density at radius 2 is 1.15 bits per heavy atom. The van der Waals surface area contributed by atoms with Crippen LogP contribution in [0.25, 0.3) is 0 Å². The standard InChI is InChI=1S/C8H11N.C7H6ClNO.C7H9NO.C6H6ClNO.B.Li.H/c1-3-8-4-5-9-7(2)6-8;1-5(10)6-2-3-9-7(8)4-6;1-6-4-7(5-9)2-3-8-6;7-6-3-5(4-9)1-2-8-6;;;/h4-6H,3H2,1-2H3;2-4H,1H3;2-4,9H,5H2,1H3;1-3,9H,4H2;;;/q;;;;;+1;-1. The molecular weight excluding hydrogens is 529 g/mol. The molecule has 4 rings (SSSR count). The first-order valence-electron chi connectivity index (χ1n) is 11.5. The van der Waals surface area contributed by atoms with Gasteiger partial charge in [-0.3, -0.25) is 14.8 Å². The number of hydrogen-bond acceptors (Lipinski definition) is 7. The van der Waals surface area contributed by atoms with Crippen molar-refractivity contribution in [2.24, 2.45) is 0 Å². The van der Waals surface area contributed by atoms with Gasteiger partial charge in [0.15, 0.2) is 5.78 Å². The first-order chi connectivity index (χ1) is 17.7. The smallest absolute Gasteiger partial charge is 1.00 e. The molecule has 0 saturated carbocycles. The van der Waals surface area contributed by atoms with Gasteiger partial charge in [0.1, 0.15) is 10.3 Å². The number of aryl methyl sites for hydroxylation is 3. The minimum atomic E-state index is 0. The third-order valence-electron chi connectivity index (χ3n) is 4.62. The van der Waals surface area contributed by atoms with Crippen molar-refractivity contribution in [3.8, 4) is 0 Å². The van der Waals surface area contributed by atoms with Crippen molar-refractivity contribution in [2.45, 2.75) is 47.3 Å². The Kier molecular flexibility index (Phi) is 22.0. The van der Waals surface area contributed by atoms with Crippen LogP contribution in [0.5, 0.6) is 0 Å². The second-order valence-corrected chi connectivity index (χ2v) is 8.47. The number of aromatic nitrogens is 4. The van der Waals surface area contributed by atoms with Crippen molar-refractivity contribution in [1.82, 2.24) is 19.9 Å². The maximum atomic E-state index is 10.7. The summed E-state index contributed by atoms with van der Waals surface area (Å²) >= 11 is 11.0. The van der Waals surface area contributed by atoms with Crippen molar-refractivity contribution in [1.29, 1.82) is 0 Å². The number of Topliss-reactive ketones (excluding diaryl/α,β-unsaturated/α-hetero) is 1. The fourth-order valence-corrected chi connectivity index (χ4v) is 3.06. The van der Waals surface area contributed by atoms with E-state index in [1.807, 2.05) is 32.2 Å². The average Bonchev–Trinajstić information content (AvgIpc) is 2.89. The van der Waals surface area contributed by atoms with Crippen molar-refractivity contribution < 1.29 is 35.3 Å². The summed E-state index contributed by atoms with van der Waals surface area (Å²) in [5.41, 5.74) is 5.72. The van der Waals surface area contributed by atoms with E-state index in [2.05, 4.69) is 32.9 Å². The minimum absolute atomic E-state index is 0. The molecule has 0 aliphatic rings. The second-order valence-electron chi connectivity index (χ2n) is 7.69. The van der Waals surface area contributed by atoms with E-state index >= 15 is 0 Å². The Morgan fingerprint density at radius 1 is 0.744 bits per heavy atom. The number of carbonyl (C=O) groups excluding carboxylic acids is 1. The van der Waals surface area contributed by atoms with Gasteiger partial charge in [0.05, 0.1) is 13.2 Å². The van der Waals surface area contributed by atoms with Gasteiger partial charge < -0.3 is 11.6 Å². The number of aliphatic hydroxyl groups excluding tert-OH is 2.